The minimum Gasteiger partial charge on any atom is -0.481 e. The highest BCUT2D eigenvalue weighted by Crippen LogP contribution is 2.12. The van der Waals surface area contributed by atoms with Gasteiger partial charge in [-0.2, -0.15) is 0 Å². The van der Waals surface area contributed by atoms with Crippen molar-refractivity contribution in [1.29, 1.82) is 0 Å². The van der Waals surface area contributed by atoms with Crippen LogP contribution in [0.1, 0.15) is 6.42 Å². The predicted molar refractivity (Wildman–Crippen MR) is 58.1 cm³/mol. The van der Waals surface area contributed by atoms with Crippen LogP contribution in [0.3, 0.4) is 0 Å². The van der Waals surface area contributed by atoms with Crippen molar-refractivity contribution >= 4 is 23.4 Å². The molecule has 2 rings (SSSR count). The molecule has 0 aliphatic carbocycles. The van der Waals surface area contributed by atoms with E-state index in [1.807, 2.05) is 0 Å². The molecule has 94 valence electrons. The maximum absolute atomic E-state index is 10.9. The Bertz CT molecular complexity index is 595. The molecule has 2 aromatic rings. The third-order valence-corrected chi connectivity index (χ3v) is 2.20. The number of hydrogen-bond acceptors (Lipinski definition) is 6. The van der Waals surface area contributed by atoms with Crippen LogP contribution in [0.15, 0.2) is 18.7 Å². The van der Waals surface area contributed by atoms with Crippen LogP contribution < -0.4 is 5.32 Å². The minimum absolute atomic E-state index is 0.170. The van der Waals surface area contributed by atoms with Crippen LogP contribution in [-0.4, -0.2) is 47.8 Å². The number of aliphatic carboxylic acids is 2. The number of nitrogens with one attached hydrogen (secondary N) is 1. The Balaban J connectivity index is 2.28. The predicted octanol–water partition coefficient (Wildman–Crippen LogP) is -0.536. The van der Waals surface area contributed by atoms with E-state index >= 15 is 0 Å². The van der Waals surface area contributed by atoms with Gasteiger partial charge in [-0.05, 0) is 0 Å². The summed E-state index contributed by atoms with van der Waals surface area (Å²) in [6.07, 6.45) is 3.88. The second-order valence-electron chi connectivity index (χ2n) is 3.47. The molecule has 1 atom stereocenters. The van der Waals surface area contributed by atoms with Crippen LogP contribution in [0.25, 0.3) is 5.65 Å². The molecule has 0 fully saturated rings. The molecule has 0 amide bonds. The van der Waals surface area contributed by atoms with Gasteiger partial charge in [0.25, 0.3) is 0 Å². The molecule has 9 nitrogen and oxygen atoms in total. The number of aromatic nitrogens is 4. The van der Waals surface area contributed by atoms with E-state index in [2.05, 4.69) is 20.5 Å². The van der Waals surface area contributed by atoms with E-state index in [9.17, 15) is 9.59 Å². The summed E-state index contributed by atoms with van der Waals surface area (Å²) in [5, 5.41) is 27.5. The average Bonchev–Trinajstić information content (AvgIpc) is 2.76. The summed E-state index contributed by atoms with van der Waals surface area (Å²) in [6, 6.07) is -1.28. The zero-order chi connectivity index (χ0) is 13.1. The summed E-state index contributed by atoms with van der Waals surface area (Å²) in [6.45, 7) is 0. The molecule has 2 aromatic heterocycles. The Morgan fingerprint density at radius 3 is 2.89 bits per heavy atom. The zero-order valence-corrected chi connectivity index (χ0v) is 9.02. The molecule has 0 saturated heterocycles. The highest BCUT2D eigenvalue weighted by molar-refractivity contribution is 5.84. The van der Waals surface area contributed by atoms with E-state index in [-0.39, 0.29) is 5.82 Å². The molecule has 1 unspecified atom stereocenters. The van der Waals surface area contributed by atoms with Gasteiger partial charge in [-0.15, -0.1) is 10.2 Å². The van der Waals surface area contributed by atoms with E-state index < -0.39 is 24.4 Å². The monoisotopic (exact) mass is 251 g/mol. The third kappa shape index (κ3) is 2.34. The van der Waals surface area contributed by atoms with E-state index in [4.69, 9.17) is 10.2 Å². The molecule has 0 spiro atoms. The third-order valence-electron chi connectivity index (χ3n) is 2.20. The number of anilines is 1. The van der Waals surface area contributed by atoms with Crippen molar-refractivity contribution in [3.63, 3.8) is 0 Å². The molecule has 3 N–H and O–H groups in total. The van der Waals surface area contributed by atoms with Gasteiger partial charge in [0, 0.05) is 12.4 Å². The number of fused-ring (bicyclic) bond motifs is 1. The normalized spacial score (nSPS) is 12.2. The lowest BCUT2D eigenvalue weighted by Crippen LogP contribution is -2.32. The molecule has 0 bridgehead atoms. The fraction of sp³-hybridized carbons (Fsp3) is 0.222. The van der Waals surface area contributed by atoms with Gasteiger partial charge in [0.05, 0.1) is 6.42 Å². The lowest BCUT2D eigenvalue weighted by atomic mass is 10.2. The summed E-state index contributed by atoms with van der Waals surface area (Å²) < 4.78 is 1.54. The Kier molecular flexibility index (Phi) is 3.04. The van der Waals surface area contributed by atoms with Crippen molar-refractivity contribution in [3.8, 4) is 0 Å². The van der Waals surface area contributed by atoms with E-state index in [0.29, 0.717) is 5.65 Å². The standard InChI is InChI=1S/C9H9N5O4/c15-6(16)3-5(9(17)18)12-7-8-13-11-4-14(8)2-1-10-7/h1-2,4-5H,3H2,(H,10,12)(H,15,16)(H,17,18). The topological polar surface area (TPSA) is 130 Å². The van der Waals surface area contributed by atoms with Gasteiger partial charge >= 0.3 is 11.9 Å². The molecular weight excluding hydrogens is 242 g/mol. The minimum atomic E-state index is -1.28. The number of carboxylic acid groups (broad SMARTS) is 2. The Labute approximate surface area is 100 Å². The van der Waals surface area contributed by atoms with Crippen LogP contribution >= 0.6 is 0 Å². The molecule has 18 heavy (non-hydrogen) atoms. The van der Waals surface area contributed by atoms with Crippen molar-refractivity contribution in [2.75, 3.05) is 5.32 Å². The second kappa shape index (κ2) is 4.65. The zero-order valence-electron chi connectivity index (χ0n) is 9.02. The van der Waals surface area contributed by atoms with E-state index in [0.717, 1.165) is 0 Å². The van der Waals surface area contributed by atoms with Crippen LogP contribution in [0.4, 0.5) is 5.82 Å². The maximum Gasteiger partial charge on any atom is 0.326 e. The molecule has 0 saturated carbocycles. The van der Waals surface area contributed by atoms with Crippen molar-refractivity contribution in [3.05, 3.63) is 18.7 Å². The number of rotatable bonds is 5. The highest BCUT2D eigenvalue weighted by Gasteiger charge is 2.22. The lowest BCUT2D eigenvalue weighted by Gasteiger charge is -2.12. The van der Waals surface area contributed by atoms with Gasteiger partial charge in [-0.25, -0.2) is 9.78 Å². The van der Waals surface area contributed by atoms with Crippen molar-refractivity contribution in [1.82, 2.24) is 19.6 Å². The van der Waals surface area contributed by atoms with Crippen molar-refractivity contribution in [2.24, 2.45) is 0 Å². The average molecular weight is 251 g/mol. The molecule has 2 heterocycles. The largest absolute Gasteiger partial charge is 0.481 e. The van der Waals surface area contributed by atoms with Crippen LogP contribution in [0, 0.1) is 0 Å². The molecule has 0 radical (unpaired) electrons. The first-order valence-electron chi connectivity index (χ1n) is 4.93. The summed E-state index contributed by atoms with van der Waals surface area (Å²) in [5.74, 6) is -2.33. The van der Waals surface area contributed by atoms with Gasteiger partial charge in [0.2, 0.25) is 5.65 Å². The first-order chi connectivity index (χ1) is 8.58. The molecule has 0 aliphatic heterocycles. The molecular formula is C9H9N5O4. The van der Waals surface area contributed by atoms with E-state index in [1.165, 1.54) is 16.9 Å². The van der Waals surface area contributed by atoms with Gasteiger partial charge in [0.1, 0.15) is 12.4 Å². The number of nitrogens with zero attached hydrogens (tertiary/aromatic N) is 4. The second-order valence-corrected chi connectivity index (χ2v) is 3.47. The number of carboxylic acids is 2. The summed E-state index contributed by atoms with van der Waals surface area (Å²) in [5.41, 5.74) is 0.328. The van der Waals surface area contributed by atoms with Gasteiger partial charge in [-0.3, -0.25) is 9.20 Å². The van der Waals surface area contributed by atoms with Gasteiger partial charge < -0.3 is 15.5 Å². The molecule has 9 heteroatoms. The number of carbonyl (C=O) groups is 2. The van der Waals surface area contributed by atoms with Gasteiger partial charge in [-0.1, -0.05) is 0 Å². The SMILES string of the molecule is O=C(O)CC(Nc1nccn2cnnc12)C(=O)O. The molecule has 0 aliphatic rings. The van der Waals surface area contributed by atoms with Crippen LogP contribution in [0.5, 0.6) is 0 Å². The Morgan fingerprint density at radius 1 is 1.44 bits per heavy atom. The smallest absolute Gasteiger partial charge is 0.326 e. The van der Waals surface area contributed by atoms with Gasteiger partial charge in [0.15, 0.2) is 5.82 Å². The van der Waals surface area contributed by atoms with Crippen LogP contribution in [-0.2, 0) is 9.59 Å². The van der Waals surface area contributed by atoms with Crippen LogP contribution in [0.2, 0.25) is 0 Å². The van der Waals surface area contributed by atoms with Crippen molar-refractivity contribution < 1.29 is 19.8 Å². The Morgan fingerprint density at radius 2 is 2.22 bits per heavy atom. The van der Waals surface area contributed by atoms with E-state index in [1.54, 1.807) is 6.20 Å². The quantitative estimate of drug-likeness (QED) is 0.646. The summed E-state index contributed by atoms with van der Waals surface area (Å²) in [4.78, 5) is 25.4. The highest BCUT2D eigenvalue weighted by atomic mass is 16.4. The van der Waals surface area contributed by atoms with Crippen molar-refractivity contribution in [2.45, 2.75) is 12.5 Å². The Hall–Kier alpha value is -2.71. The number of hydrogen-bond donors (Lipinski definition) is 3. The first-order valence-corrected chi connectivity index (χ1v) is 4.93. The lowest BCUT2D eigenvalue weighted by molar-refractivity contribution is -0.144. The maximum atomic E-state index is 10.9. The summed E-state index contributed by atoms with van der Waals surface area (Å²) in [7, 11) is 0. The summed E-state index contributed by atoms with van der Waals surface area (Å²) >= 11 is 0. The molecule has 0 aromatic carbocycles. The fourth-order valence-corrected chi connectivity index (χ4v) is 1.40. The fourth-order valence-electron chi connectivity index (χ4n) is 1.40. The first kappa shape index (κ1) is 11.8.